The molecule has 0 atom stereocenters. The van der Waals surface area contributed by atoms with Crippen molar-refractivity contribution < 1.29 is 9.13 Å². The number of nitrogens with one attached hydrogen (secondary N) is 1. The number of ether oxygens (including phenoxy) is 1. The maximum Gasteiger partial charge on any atom is 0.188 e. The number of thiazole rings is 1. The molecule has 0 bridgehead atoms. The number of hydrogen-bond donors (Lipinski definition) is 1. The maximum atomic E-state index is 13.5. The molecule has 2 aromatic carbocycles. The minimum Gasteiger partial charge on any atom is -0.453 e. The molecule has 194 valence electrons. The molecule has 0 aliphatic carbocycles. The van der Waals surface area contributed by atoms with Gasteiger partial charge >= 0.3 is 0 Å². The zero-order valence-electron chi connectivity index (χ0n) is 20.9. The fourth-order valence-corrected chi connectivity index (χ4v) is 5.69. The predicted octanol–water partition coefficient (Wildman–Crippen LogP) is 7.50. The summed E-state index contributed by atoms with van der Waals surface area (Å²) in [5, 5.41) is 11.4. The highest BCUT2D eigenvalue weighted by atomic mass is 32.2. The standard InChI is InChI=1S/C29H23FN6OS2/c1-19-15-27(36-26(33-19)13-14-32-36)39-24-16-25(37-23-11-8-21(30)9-12-23)28(31-17-24)35-29-34-22(18-38-29)10-7-20-5-3-2-4-6-20/h2-6,8-9,11-18H,7,10H2,1H3,(H,31,34,35). The monoisotopic (exact) mass is 554 g/mol. The van der Waals surface area contributed by atoms with Gasteiger partial charge in [0.1, 0.15) is 16.6 Å². The van der Waals surface area contributed by atoms with Crippen LogP contribution in [0.4, 0.5) is 15.3 Å². The van der Waals surface area contributed by atoms with E-state index in [4.69, 9.17) is 9.72 Å². The van der Waals surface area contributed by atoms with Crippen LogP contribution in [0, 0.1) is 12.7 Å². The van der Waals surface area contributed by atoms with Crippen molar-refractivity contribution >= 4 is 39.7 Å². The summed E-state index contributed by atoms with van der Waals surface area (Å²) < 4.78 is 21.5. The zero-order chi connectivity index (χ0) is 26.6. The van der Waals surface area contributed by atoms with Crippen LogP contribution >= 0.6 is 23.1 Å². The number of anilines is 2. The molecule has 7 nitrogen and oxygen atoms in total. The van der Waals surface area contributed by atoms with Crippen LogP contribution in [0.2, 0.25) is 0 Å². The van der Waals surface area contributed by atoms with Gasteiger partial charge in [-0.3, -0.25) is 0 Å². The lowest BCUT2D eigenvalue weighted by atomic mass is 10.1. The van der Waals surface area contributed by atoms with Gasteiger partial charge in [-0.25, -0.2) is 23.9 Å². The van der Waals surface area contributed by atoms with Crippen molar-refractivity contribution in [2.75, 3.05) is 5.32 Å². The van der Waals surface area contributed by atoms with Gasteiger partial charge < -0.3 is 10.1 Å². The summed E-state index contributed by atoms with van der Waals surface area (Å²) in [6.45, 7) is 1.95. The Bertz CT molecular complexity index is 1720. The summed E-state index contributed by atoms with van der Waals surface area (Å²) in [5.74, 6) is 1.18. The van der Waals surface area contributed by atoms with Crippen LogP contribution in [0.5, 0.6) is 11.5 Å². The average Bonchev–Trinajstić information content (AvgIpc) is 3.60. The Hall–Kier alpha value is -4.28. The van der Waals surface area contributed by atoms with Gasteiger partial charge in [0.25, 0.3) is 0 Å². The molecule has 0 aliphatic heterocycles. The van der Waals surface area contributed by atoms with Gasteiger partial charge in [-0.15, -0.1) is 11.3 Å². The second-order valence-electron chi connectivity index (χ2n) is 8.77. The first-order valence-corrected chi connectivity index (χ1v) is 14.0. The van der Waals surface area contributed by atoms with Crippen molar-refractivity contribution in [2.45, 2.75) is 29.7 Å². The number of rotatable bonds is 9. The first kappa shape index (κ1) is 25.0. The molecule has 0 radical (unpaired) electrons. The molecule has 0 aliphatic rings. The van der Waals surface area contributed by atoms with E-state index in [1.54, 1.807) is 29.0 Å². The first-order chi connectivity index (χ1) is 19.1. The lowest BCUT2D eigenvalue weighted by molar-refractivity contribution is 0.479. The number of aryl methyl sites for hydroxylation is 3. The molecule has 39 heavy (non-hydrogen) atoms. The molecule has 6 aromatic rings. The van der Waals surface area contributed by atoms with Crippen LogP contribution in [0.15, 0.2) is 100 Å². The zero-order valence-corrected chi connectivity index (χ0v) is 22.5. The van der Waals surface area contributed by atoms with Gasteiger partial charge in [-0.2, -0.15) is 5.10 Å². The molecule has 0 saturated heterocycles. The largest absolute Gasteiger partial charge is 0.453 e. The smallest absolute Gasteiger partial charge is 0.188 e. The summed E-state index contributed by atoms with van der Waals surface area (Å²) in [7, 11) is 0. The van der Waals surface area contributed by atoms with Crippen molar-refractivity contribution in [1.82, 2.24) is 24.6 Å². The number of halogens is 1. The van der Waals surface area contributed by atoms with Gasteiger partial charge in [0.2, 0.25) is 0 Å². The lowest BCUT2D eigenvalue weighted by Crippen LogP contribution is -1.99. The van der Waals surface area contributed by atoms with Crippen LogP contribution < -0.4 is 10.1 Å². The second kappa shape index (κ2) is 11.2. The molecule has 4 aromatic heterocycles. The predicted molar refractivity (Wildman–Crippen MR) is 152 cm³/mol. The SMILES string of the molecule is Cc1cc(Sc2cnc(Nc3nc(CCc4ccccc4)cs3)c(Oc3ccc(F)cc3)c2)n2nccc2n1. The van der Waals surface area contributed by atoms with E-state index in [1.807, 2.05) is 43.3 Å². The van der Waals surface area contributed by atoms with E-state index in [0.717, 1.165) is 44.9 Å². The van der Waals surface area contributed by atoms with Gasteiger partial charge in [-0.05, 0) is 55.7 Å². The van der Waals surface area contributed by atoms with E-state index < -0.39 is 0 Å². The number of hydrogen-bond acceptors (Lipinski definition) is 8. The fraction of sp³-hybridized carbons (Fsp3) is 0.103. The third kappa shape index (κ3) is 6.08. The van der Waals surface area contributed by atoms with E-state index in [0.29, 0.717) is 17.3 Å². The van der Waals surface area contributed by atoms with E-state index in [2.05, 4.69) is 37.9 Å². The van der Waals surface area contributed by atoms with Crippen molar-refractivity contribution in [3.05, 3.63) is 113 Å². The Kier molecular flexibility index (Phi) is 7.20. The van der Waals surface area contributed by atoms with E-state index in [-0.39, 0.29) is 5.82 Å². The molecule has 0 unspecified atom stereocenters. The summed E-state index contributed by atoms with van der Waals surface area (Å²) in [6.07, 6.45) is 5.27. The number of benzene rings is 2. The number of aromatic nitrogens is 5. The molecule has 10 heteroatoms. The topological polar surface area (TPSA) is 77.2 Å². The summed E-state index contributed by atoms with van der Waals surface area (Å²) in [6, 6.07) is 22.0. The minimum atomic E-state index is -0.328. The van der Waals surface area contributed by atoms with Crippen LogP contribution in [-0.2, 0) is 12.8 Å². The molecule has 0 spiro atoms. The summed E-state index contributed by atoms with van der Waals surface area (Å²) >= 11 is 3.02. The van der Waals surface area contributed by atoms with Crippen LogP contribution in [-0.4, -0.2) is 24.6 Å². The Morgan fingerprint density at radius 3 is 2.69 bits per heavy atom. The molecule has 0 amide bonds. The normalized spacial score (nSPS) is 11.1. The quantitative estimate of drug-likeness (QED) is 0.185. The van der Waals surface area contributed by atoms with Gasteiger partial charge in [0, 0.05) is 34.3 Å². The highest BCUT2D eigenvalue weighted by Crippen LogP contribution is 2.37. The van der Waals surface area contributed by atoms with E-state index >= 15 is 0 Å². The molecular weight excluding hydrogens is 531 g/mol. The van der Waals surface area contributed by atoms with Crippen LogP contribution in [0.25, 0.3) is 5.65 Å². The first-order valence-electron chi connectivity index (χ1n) is 12.3. The molecule has 1 N–H and O–H groups in total. The fourth-order valence-electron chi connectivity index (χ4n) is 3.98. The van der Waals surface area contributed by atoms with Crippen molar-refractivity contribution in [1.29, 1.82) is 0 Å². The lowest BCUT2D eigenvalue weighted by Gasteiger charge is -2.13. The molecular formula is C29H23FN6OS2. The van der Waals surface area contributed by atoms with Crippen LogP contribution in [0.3, 0.4) is 0 Å². The maximum absolute atomic E-state index is 13.5. The minimum absolute atomic E-state index is 0.328. The van der Waals surface area contributed by atoms with E-state index in [9.17, 15) is 4.39 Å². The van der Waals surface area contributed by atoms with Gasteiger partial charge in [0.05, 0.1) is 11.9 Å². The highest BCUT2D eigenvalue weighted by Gasteiger charge is 2.14. The second-order valence-corrected chi connectivity index (χ2v) is 10.7. The van der Waals surface area contributed by atoms with Crippen LogP contribution in [0.1, 0.15) is 17.0 Å². The molecule has 0 saturated carbocycles. The number of nitrogens with zero attached hydrogens (tertiary/aromatic N) is 5. The molecule has 4 heterocycles. The molecule has 0 fully saturated rings. The van der Waals surface area contributed by atoms with E-state index in [1.165, 1.54) is 40.8 Å². The number of pyridine rings is 1. The Balaban J connectivity index is 1.26. The highest BCUT2D eigenvalue weighted by molar-refractivity contribution is 7.99. The Morgan fingerprint density at radius 2 is 1.85 bits per heavy atom. The van der Waals surface area contributed by atoms with Gasteiger partial charge in [0.15, 0.2) is 22.3 Å². The Labute approximate surface area is 232 Å². The Morgan fingerprint density at radius 1 is 1.00 bits per heavy atom. The average molecular weight is 555 g/mol. The third-order valence-electron chi connectivity index (χ3n) is 5.84. The molecule has 6 rings (SSSR count). The van der Waals surface area contributed by atoms with Crippen molar-refractivity contribution in [3.63, 3.8) is 0 Å². The third-order valence-corrected chi connectivity index (χ3v) is 7.60. The van der Waals surface area contributed by atoms with Crippen molar-refractivity contribution in [3.8, 4) is 11.5 Å². The summed E-state index contributed by atoms with van der Waals surface area (Å²) in [4.78, 5) is 14.8. The van der Waals surface area contributed by atoms with Gasteiger partial charge in [-0.1, -0.05) is 42.1 Å². The van der Waals surface area contributed by atoms with Crippen molar-refractivity contribution in [2.24, 2.45) is 0 Å². The number of fused-ring (bicyclic) bond motifs is 1. The summed E-state index contributed by atoms with van der Waals surface area (Å²) in [5.41, 5.74) is 3.96.